The quantitative estimate of drug-likeness (QED) is 0.623. The predicted octanol–water partition coefficient (Wildman–Crippen LogP) is 1.58. The van der Waals surface area contributed by atoms with Gasteiger partial charge in [-0.2, -0.15) is 0 Å². The van der Waals surface area contributed by atoms with Crippen molar-refractivity contribution >= 4 is 46.3 Å². The monoisotopic (exact) mass is 318 g/mol. The van der Waals surface area contributed by atoms with E-state index in [2.05, 4.69) is 0 Å². The Bertz CT molecular complexity index is 638. The van der Waals surface area contributed by atoms with Crippen molar-refractivity contribution in [3.05, 3.63) is 53.0 Å². The number of aliphatic carboxylic acids is 1. The summed E-state index contributed by atoms with van der Waals surface area (Å²) in [4.78, 5) is 24.5. The van der Waals surface area contributed by atoms with Gasteiger partial charge < -0.3 is 9.90 Å². The first kappa shape index (κ1) is 15.5. The Morgan fingerprint density at radius 1 is 1.38 bits per heavy atom. The number of hydrogen-bond donors (Lipinski definition) is 0. The standard InChI is InChI=1S/C15H13NO3S2/c1-10(14(18)19)16-13(17)12(21-15(16)20)9-5-8-11-6-3-2-4-7-11/h2-10H,1H3,(H,18,19)/p-1/b8-5+,12-9-/t10-/m1/s1. The average Bonchev–Trinajstić information content (AvgIpc) is 2.74. The molecule has 0 radical (unpaired) electrons. The average molecular weight is 318 g/mol. The lowest BCUT2D eigenvalue weighted by Crippen LogP contribution is -2.48. The Balaban J connectivity index is 2.14. The molecule has 1 aromatic rings. The number of thiocarbonyl (C=S) groups is 1. The van der Waals surface area contributed by atoms with Gasteiger partial charge in [-0.15, -0.1) is 0 Å². The SMILES string of the molecule is C[C@H](C(=O)[O-])N1C(=O)/C(=C/C=C/c2ccccc2)SC1=S. The summed E-state index contributed by atoms with van der Waals surface area (Å²) in [7, 11) is 0. The van der Waals surface area contributed by atoms with Gasteiger partial charge in [0.1, 0.15) is 4.32 Å². The molecule has 0 saturated carbocycles. The summed E-state index contributed by atoms with van der Waals surface area (Å²) in [5, 5.41) is 10.9. The molecule has 1 atom stereocenters. The van der Waals surface area contributed by atoms with E-state index in [1.165, 1.54) is 6.92 Å². The summed E-state index contributed by atoms with van der Waals surface area (Å²) < 4.78 is 0.232. The lowest BCUT2D eigenvalue weighted by atomic mass is 10.2. The van der Waals surface area contributed by atoms with Crippen LogP contribution in [0.15, 0.2) is 47.4 Å². The molecule has 2 rings (SSSR count). The van der Waals surface area contributed by atoms with Crippen LogP contribution in [-0.2, 0) is 9.59 Å². The molecule has 1 saturated heterocycles. The highest BCUT2D eigenvalue weighted by Crippen LogP contribution is 2.32. The fourth-order valence-corrected chi connectivity index (χ4v) is 3.11. The number of benzene rings is 1. The van der Waals surface area contributed by atoms with Crippen molar-refractivity contribution in [1.29, 1.82) is 0 Å². The van der Waals surface area contributed by atoms with Crippen molar-refractivity contribution < 1.29 is 14.7 Å². The molecule has 21 heavy (non-hydrogen) atoms. The van der Waals surface area contributed by atoms with Gasteiger partial charge in [-0.05, 0) is 18.6 Å². The third-order valence-corrected chi connectivity index (χ3v) is 4.24. The predicted molar refractivity (Wildman–Crippen MR) is 85.1 cm³/mol. The van der Waals surface area contributed by atoms with Crippen LogP contribution in [0.25, 0.3) is 6.08 Å². The maximum Gasteiger partial charge on any atom is 0.266 e. The second kappa shape index (κ2) is 6.69. The maximum absolute atomic E-state index is 12.1. The fraction of sp³-hybridized carbons (Fsp3) is 0.133. The highest BCUT2D eigenvalue weighted by Gasteiger charge is 2.35. The van der Waals surface area contributed by atoms with Gasteiger partial charge in [0, 0.05) is 0 Å². The number of amides is 1. The van der Waals surface area contributed by atoms with Crippen molar-refractivity contribution in [2.45, 2.75) is 13.0 Å². The van der Waals surface area contributed by atoms with Crippen molar-refractivity contribution in [3.8, 4) is 0 Å². The van der Waals surface area contributed by atoms with Crippen LogP contribution < -0.4 is 5.11 Å². The molecule has 0 spiro atoms. The molecule has 0 N–H and O–H groups in total. The van der Waals surface area contributed by atoms with Crippen molar-refractivity contribution in [3.63, 3.8) is 0 Å². The van der Waals surface area contributed by atoms with Crippen LogP contribution in [-0.4, -0.2) is 27.1 Å². The van der Waals surface area contributed by atoms with Crippen molar-refractivity contribution in [1.82, 2.24) is 4.90 Å². The van der Waals surface area contributed by atoms with E-state index in [1.807, 2.05) is 36.4 Å². The summed E-state index contributed by atoms with van der Waals surface area (Å²) in [6.07, 6.45) is 5.23. The summed E-state index contributed by atoms with van der Waals surface area (Å²) in [6, 6.07) is 8.56. The first-order valence-corrected chi connectivity index (χ1v) is 7.43. The van der Waals surface area contributed by atoms with E-state index in [0.717, 1.165) is 22.2 Å². The lowest BCUT2D eigenvalue weighted by molar-refractivity contribution is -0.309. The van der Waals surface area contributed by atoms with E-state index in [1.54, 1.807) is 12.2 Å². The molecular weight excluding hydrogens is 306 g/mol. The summed E-state index contributed by atoms with van der Waals surface area (Å²) in [5.74, 6) is -1.73. The Kier molecular flexibility index (Phi) is 4.93. The zero-order valence-corrected chi connectivity index (χ0v) is 12.8. The molecule has 1 fully saturated rings. The summed E-state index contributed by atoms with van der Waals surface area (Å²) in [6.45, 7) is 1.38. The smallest absolute Gasteiger partial charge is 0.266 e. The largest absolute Gasteiger partial charge is 0.548 e. The van der Waals surface area contributed by atoms with Gasteiger partial charge >= 0.3 is 0 Å². The van der Waals surface area contributed by atoms with Crippen LogP contribution in [0.2, 0.25) is 0 Å². The van der Waals surface area contributed by atoms with Crippen LogP contribution in [0.3, 0.4) is 0 Å². The van der Waals surface area contributed by atoms with E-state index in [-0.39, 0.29) is 4.32 Å². The molecule has 6 heteroatoms. The van der Waals surface area contributed by atoms with Crippen LogP contribution in [0.1, 0.15) is 12.5 Å². The highest BCUT2D eigenvalue weighted by atomic mass is 32.2. The number of hydrogen-bond acceptors (Lipinski definition) is 5. The molecule has 0 aromatic heterocycles. The number of carbonyl (C=O) groups is 2. The zero-order chi connectivity index (χ0) is 15.4. The van der Waals surface area contributed by atoms with Gasteiger partial charge in [-0.3, -0.25) is 9.69 Å². The van der Waals surface area contributed by atoms with Gasteiger partial charge in [-0.1, -0.05) is 66.5 Å². The second-order valence-corrected chi connectivity index (χ2v) is 6.01. The van der Waals surface area contributed by atoms with E-state index >= 15 is 0 Å². The maximum atomic E-state index is 12.1. The second-order valence-electron chi connectivity index (χ2n) is 4.34. The zero-order valence-electron chi connectivity index (χ0n) is 11.2. The summed E-state index contributed by atoms with van der Waals surface area (Å²) >= 11 is 6.14. The van der Waals surface area contributed by atoms with Gasteiger partial charge in [0.25, 0.3) is 5.91 Å². The molecule has 108 valence electrons. The lowest BCUT2D eigenvalue weighted by Gasteiger charge is -2.23. The number of nitrogens with zero attached hydrogens (tertiary/aromatic N) is 1. The number of carboxylic acids is 1. The topological polar surface area (TPSA) is 60.4 Å². The number of carboxylic acid groups (broad SMARTS) is 1. The van der Waals surface area contributed by atoms with E-state index in [4.69, 9.17) is 12.2 Å². The Morgan fingerprint density at radius 2 is 2.05 bits per heavy atom. The van der Waals surface area contributed by atoms with Gasteiger partial charge in [0.05, 0.1) is 16.9 Å². The van der Waals surface area contributed by atoms with E-state index < -0.39 is 17.9 Å². The molecule has 1 amide bonds. The Labute approximate surface area is 132 Å². The molecule has 1 aliphatic rings. The third kappa shape index (κ3) is 3.59. The van der Waals surface area contributed by atoms with Gasteiger partial charge in [0.2, 0.25) is 0 Å². The fourth-order valence-electron chi connectivity index (χ4n) is 1.74. The van der Waals surface area contributed by atoms with Crippen LogP contribution in [0.4, 0.5) is 0 Å². The number of rotatable bonds is 4. The molecular formula is C15H12NO3S2-. The molecule has 0 aliphatic carbocycles. The molecule has 0 bridgehead atoms. The third-order valence-electron chi connectivity index (χ3n) is 2.89. The minimum atomic E-state index is -1.33. The van der Waals surface area contributed by atoms with Crippen LogP contribution in [0.5, 0.6) is 0 Å². The number of allylic oxidation sites excluding steroid dienone is 2. The Morgan fingerprint density at radius 3 is 2.67 bits per heavy atom. The molecule has 1 heterocycles. The Hall–Kier alpha value is -1.92. The summed E-state index contributed by atoms with van der Waals surface area (Å²) in [5.41, 5.74) is 1.01. The van der Waals surface area contributed by atoms with Gasteiger partial charge in [0.15, 0.2) is 0 Å². The van der Waals surface area contributed by atoms with E-state index in [9.17, 15) is 14.7 Å². The molecule has 1 aromatic carbocycles. The number of thioether (sulfide) groups is 1. The number of carbonyl (C=O) groups excluding carboxylic acids is 2. The van der Waals surface area contributed by atoms with E-state index in [0.29, 0.717) is 4.91 Å². The van der Waals surface area contributed by atoms with Crippen LogP contribution >= 0.6 is 24.0 Å². The first-order chi connectivity index (χ1) is 10.0. The molecule has 4 nitrogen and oxygen atoms in total. The first-order valence-electron chi connectivity index (χ1n) is 6.20. The minimum Gasteiger partial charge on any atom is -0.548 e. The molecule has 0 unspecified atom stereocenters. The highest BCUT2D eigenvalue weighted by molar-refractivity contribution is 8.26. The normalized spacial score (nSPS) is 18.7. The van der Waals surface area contributed by atoms with Crippen molar-refractivity contribution in [2.24, 2.45) is 0 Å². The van der Waals surface area contributed by atoms with Gasteiger partial charge in [-0.25, -0.2) is 0 Å². The molecule has 1 aliphatic heterocycles. The van der Waals surface area contributed by atoms with Crippen LogP contribution in [0, 0.1) is 0 Å². The van der Waals surface area contributed by atoms with Crippen molar-refractivity contribution in [2.75, 3.05) is 0 Å². The minimum absolute atomic E-state index is 0.232.